The van der Waals surface area contributed by atoms with Crippen LogP contribution >= 0.6 is 0 Å². The molecule has 0 fully saturated rings. The van der Waals surface area contributed by atoms with Gasteiger partial charge in [-0.05, 0) is 55.7 Å². The highest BCUT2D eigenvalue weighted by molar-refractivity contribution is 5.94. The highest BCUT2D eigenvalue weighted by Crippen LogP contribution is 2.29. The molecule has 160 valence electrons. The van der Waals surface area contributed by atoms with Gasteiger partial charge >= 0.3 is 6.03 Å². The summed E-state index contributed by atoms with van der Waals surface area (Å²) in [6, 6.07) is 9.04. The van der Waals surface area contributed by atoms with E-state index in [1.54, 1.807) is 21.5 Å². The molecule has 31 heavy (non-hydrogen) atoms. The van der Waals surface area contributed by atoms with Crippen molar-refractivity contribution in [1.29, 1.82) is 0 Å². The van der Waals surface area contributed by atoms with Gasteiger partial charge in [-0.15, -0.1) is 0 Å². The first-order valence-electron chi connectivity index (χ1n) is 10.3. The molecule has 4 rings (SSSR count). The van der Waals surface area contributed by atoms with Crippen molar-refractivity contribution in [3.63, 3.8) is 0 Å². The number of aromatic nitrogens is 5. The van der Waals surface area contributed by atoms with Crippen molar-refractivity contribution in [2.45, 2.75) is 33.2 Å². The van der Waals surface area contributed by atoms with E-state index in [1.165, 1.54) is 0 Å². The number of carbonyl (C=O) groups is 1. The van der Waals surface area contributed by atoms with Crippen LogP contribution in [0.1, 0.15) is 33.2 Å². The van der Waals surface area contributed by atoms with Crippen molar-refractivity contribution in [2.75, 3.05) is 11.9 Å². The van der Waals surface area contributed by atoms with E-state index in [0.29, 0.717) is 18.0 Å². The first-order chi connectivity index (χ1) is 15.0. The van der Waals surface area contributed by atoms with Gasteiger partial charge in [0.25, 0.3) is 5.56 Å². The Kier molecular flexibility index (Phi) is 5.57. The summed E-state index contributed by atoms with van der Waals surface area (Å²) >= 11 is 0. The zero-order chi connectivity index (χ0) is 22.0. The zero-order valence-corrected chi connectivity index (χ0v) is 17.7. The molecule has 1 aromatic carbocycles. The molecule has 0 bridgehead atoms. The summed E-state index contributed by atoms with van der Waals surface area (Å²) in [5.41, 5.74) is 3.73. The molecule has 0 saturated heterocycles. The van der Waals surface area contributed by atoms with Crippen LogP contribution in [0.25, 0.3) is 27.8 Å². The van der Waals surface area contributed by atoms with E-state index in [9.17, 15) is 9.59 Å². The maximum absolute atomic E-state index is 12.6. The lowest BCUT2D eigenvalue weighted by molar-refractivity contribution is 0.252. The Hall–Kier alpha value is -3.88. The first kappa shape index (κ1) is 20.4. The Labute approximate surface area is 179 Å². The molecular weight excluding hydrogens is 394 g/mol. The minimum Gasteiger partial charge on any atom is -0.338 e. The highest BCUT2D eigenvalue weighted by Gasteiger charge is 2.15. The van der Waals surface area contributed by atoms with Gasteiger partial charge in [0, 0.05) is 37.2 Å². The zero-order valence-electron chi connectivity index (χ0n) is 17.7. The number of urea groups is 1. The Morgan fingerprint density at radius 2 is 2.03 bits per heavy atom. The maximum atomic E-state index is 12.6. The predicted molar refractivity (Wildman–Crippen MR) is 121 cm³/mol. The van der Waals surface area contributed by atoms with Crippen molar-refractivity contribution in [1.82, 2.24) is 29.6 Å². The number of rotatable bonds is 6. The molecule has 3 N–H and O–H groups in total. The molecule has 9 heteroatoms. The van der Waals surface area contributed by atoms with E-state index < -0.39 is 0 Å². The summed E-state index contributed by atoms with van der Waals surface area (Å²) in [5, 5.41) is 9.72. The summed E-state index contributed by atoms with van der Waals surface area (Å²) in [6.07, 6.45) is 6.23. The van der Waals surface area contributed by atoms with E-state index in [1.807, 2.05) is 50.5 Å². The minimum absolute atomic E-state index is 0.0480. The van der Waals surface area contributed by atoms with E-state index in [4.69, 9.17) is 0 Å². The van der Waals surface area contributed by atoms with Gasteiger partial charge in [0.05, 0.1) is 16.7 Å². The number of imidazole rings is 1. The second-order valence-corrected chi connectivity index (χ2v) is 7.33. The maximum Gasteiger partial charge on any atom is 0.321 e. The Morgan fingerprint density at radius 3 is 2.71 bits per heavy atom. The Morgan fingerprint density at radius 1 is 1.19 bits per heavy atom. The fourth-order valence-corrected chi connectivity index (χ4v) is 3.46. The molecule has 3 heterocycles. The number of hydrogen-bond donors (Lipinski definition) is 3. The Balaban J connectivity index is 1.82. The summed E-state index contributed by atoms with van der Waals surface area (Å²) in [6.45, 7) is 6.43. The van der Waals surface area contributed by atoms with Crippen LogP contribution in [0.3, 0.4) is 0 Å². The lowest BCUT2D eigenvalue weighted by Gasteiger charge is -2.14. The third kappa shape index (κ3) is 4.07. The van der Waals surface area contributed by atoms with Gasteiger partial charge in [0.2, 0.25) is 5.95 Å². The number of hydrogen-bond acceptors (Lipinski definition) is 4. The van der Waals surface area contributed by atoms with Gasteiger partial charge in [-0.2, -0.15) is 5.10 Å². The second-order valence-electron chi connectivity index (χ2n) is 7.33. The van der Waals surface area contributed by atoms with Gasteiger partial charge in [-0.25, -0.2) is 14.5 Å². The van der Waals surface area contributed by atoms with Crippen LogP contribution in [0, 0.1) is 0 Å². The third-order valence-corrected chi connectivity index (χ3v) is 5.24. The van der Waals surface area contributed by atoms with Crippen molar-refractivity contribution in [2.24, 2.45) is 0 Å². The van der Waals surface area contributed by atoms with Crippen LogP contribution in [0.15, 0.2) is 53.7 Å². The lowest BCUT2D eigenvalue weighted by atomic mass is 10.0. The van der Waals surface area contributed by atoms with Crippen LogP contribution in [0.4, 0.5) is 10.7 Å². The summed E-state index contributed by atoms with van der Waals surface area (Å²) in [4.78, 5) is 32.2. The molecule has 0 aliphatic carbocycles. The van der Waals surface area contributed by atoms with E-state index in [0.717, 1.165) is 28.8 Å². The van der Waals surface area contributed by atoms with E-state index >= 15 is 0 Å². The van der Waals surface area contributed by atoms with Crippen molar-refractivity contribution >= 4 is 23.0 Å². The summed E-state index contributed by atoms with van der Waals surface area (Å²) in [7, 11) is 0. The van der Waals surface area contributed by atoms with Crippen LogP contribution in [-0.4, -0.2) is 36.9 Å². The van der Waals surface area contributed by atoms with Crippen LogP contribution < -0.4 is 16.2 Å². The van der Waals surface area contributed by atoms with Crippen LogP contribution in [0.5, 0.6) is 0 Å². The van der Waals surface area contributed by atoms with Crippen molar-refractivity contribution < 1.29 is 4.79 Å². The summed E-state index contributed by atoms with van der Waals surface area (Å²) in [5.74, 6) is 0.332. The average Bonchev–Trinajstić information content (AvgIpc) is 3.42. The topological polar surface area (TPSA) is 110 Å². The number of carbonyl (C=O) groups excluding carboxylic acids is 1. The fraction of sp³-hybridized carbons (Fsp3) is 0.273. The number of pyridine rings is 1. The fourth-order valence-electron chi connectivity index (χ4n) is 3.46. The van der Waals surface area contributed by atoms with Crippen molar-refractivity contribution in [3.8, 4) is 16.8 Å². The average molecular weight is 419 g/mol. The number of benzene rings is 1. The number of aromatic amines is 1. The van der Waals surface area contributed by atoms with Gasteiger partial charge in [0.1, 0.15) is 0 Å². The third-order valence-electron chi connectivity index (χ3n) is 5.24. The molecule has 0 aliphatic heterocycles. The molecule has 9 nitrogen and oxygen atoms in total. The SMILES string of the molecule is CCNC(=O)Nc1nc2cc(-c3ccn([C@@H](C)CC)c(=O)c3)cc(-n3cccn3)c2[nH]1. The number of amides is 2. The molecule has 0 unspecified atom stereocenters. The molecule has 0 saturated carbocycles. The molecule has 3 aromatic heterocycles. The minimum atomic E-state index is -0.337. The number of nitrogens with zero attached hydrogens (tertiary/aromatic N) is 4. The molecule has 0 radical (unpaired) electrons. The number of fused-ring (bicyclic) bond motifs is 1. The molecule has 0 aliphatic rings. The largest absolute Gasteiger partial charge is 0.338 e. The second kappa shape index (κ2) is 8.47. The normalized spacial score (nSPS) is 12.1. The standard InChI is InChI=1S/C22H25N7O2/c1-4-14(3)28-10-7-15(13-19(28)30)16-11-17-20(18(12-16)29-9-6-8-24-29)26-21(25-17)27-22(31)23-5-2/h6-14H,4-5H2,1-3H3,(H3,23,25,26,27,31)/t14-/m0/s1. The predicted octanol–water partition coefficient (Wildman–Crippen LogP) is 3.69. The van der Waals surface area contributed by atoms with Gasteiger partial charge in [-0.3, -0.25) is 10.1 Å². The van der Waals surface area contributed by atoms with Crippen molar-refractivity contribution in [3.05, 3.63) is 59.3 Å². The first-order valence-corrected chi connectivity index (χ1v) is 10.3. The molecule has 0 spiro atoms. The van der Waals surface area contributed by atoms with Crippen LogP contribution in [-0.2, 0) is 0 Å². The quantitative estimate of drug-likeness (QED) is 0.443. The monoisotopic (exact) mass is 419 g/mol. The van der Waals surface area contributed by atoms with Gasteiger partial charge in [-0.1, -0.05) is 6.92 Å². The number of anilines is 1. The highest BCUT2D eigenvalue weighted by atomic mass is 16.2. The van der Waals surface area contributed by atoms with Crippen LogP contribution in [0.2, 0.25) is 0 Å². The molecule has 4 aromatic rings. The molecule has 1 atom stereocenters. The Bertz CT molecular complexity index is 1270. The lowest BCUT2D eigenvalue weighted by Crippen LogP contribution is -2.28. The number of H-pyrrole nitrogens is 1. The summed E-state index contributed by atoms with van der Waals surface area (Å²) < 4.78 is 3.46. The van der Waals surface area contributed by atoms with Gasteiger partial charge in [0.15, 0.2) is 0 Å². The van der Waals surface area contributed by atoms with E-state index in [-0.39, 0.29) is 17.6 Å². The smallest absolute Gasteiger partial charge is 0.321 e. The van der Waals surface area contributed by atoms with E-state index in [2.05, 4.69) is 32.6 Å². The number of nitrogens with one attached hydrogen (secondary N) is 3. The molecular formula is C22H25N7O2. The molecule has 2 amide bonds. The van der Waals surface area contributed by atoms with Gasteiger partial charge < -0.3 is 14.9 Å².